The fraction of sp³-hybridized carbons (Fsp3) is 0. The summed E-state index contributed by atoms with van der Waals surface area (Å²) >= 11 is 0. The molecule has 23 heavy (non-hydrogen) atoms. The SMILES string of the molecule is O=C1C2=Cc3cc([N+](=O)[O-])ccc3C2=CC([N+](=O)[O-])=C1[N+](=O)[O-]. The summed E-state index contributed by atoms with van der Waals surface area (Å²) in [5, 5.41) is 32.7. The summed E-state index contributed by atoms with van der Waals surface area (Å²) < 4.78 is 0. The number of nitrogens with zero attached hydrogens (tertiary/aromatic N) is 3. The van der Waals surface area contributed by atoms with Crippen LogP contribution in [0.3, 0.4) is 0 Å². The van der Waals surface area contributed by atoms with E-state index in [0.717, 1.165) is 6.08 Å². The number of hydrogen-bond acceptors (Lipinski definition) is 7. The molecule has 1 aromatic rings. The summed E-state index contributed by atoms with van der Waals surface area (Å²) in [6, 6.07) is 3.75. The maximum atomic E-state index is 12.2. The molecule has 2 aliphatic carbocycles. The van der Waals surface area contributed by atoms with Crippen LogP contribution in [0, 0.1) is 30.3 Å². The van der Waals surface area contributed by atoms with Crippen molar-refractivity contribution in [3.8, 4) is 0 Å². The number of fused-ring (bicyclic) bond motifs is 3. The van der Waals surface area contributed by atoms with Gasteiger partial charge >= 0.3 is 11.4 Å². The summed E-state index contributed by atoms with van der Waals surface area (Å²) in [6.07, 6.45) is 2.21. The molecule has 0 fully saturated rings. The molecule has 0 unspecified atom stereocenters. The number of nitro groups is 3. The van der Waals surface area contributed by atoms with Gasteiger partial charge in [-0.1, -0.05) is 0 Å². The van der Waals surface area contributed by atoms with Gasteiger partial charge in [0.1, 0.15) is 0 Å². The normalized spacial score (nSPS) is 15.6. The van der Waals surface area contributed by atoms with E-state index in [9.17, 15) is 35.1 Å². The Balaban J connectivity index is 2.24. The molecule has 0 bridgehead atoms. The number of rotatable bonds is 3. The number of hydrogen-bond donors (Lipinski definition) is 0. The molecule has 0 saturated heterocycles. The van der Waals surface area contributed by atoms with Crippen molar-refractivity contribution in [1.29, 1.82) is 0 Å². The molecular formula is C13H5N3O7. The molecule has 0 spiro atoms. The van der Waals surface area contributed by atoms with Gasteiger partial charge < -0.3 is 0 Å². The summed E-state index contributed by atoms with van der Waals surface area (Å²) in [5.74, 6) is -1.09. The van der Waals surface area contributed by atoms with Gasteiger partial charge in [0, 0.05) is 29.4 Å². The van der Waals surface area contributed by atoms with E-state index in [4.69, 9.17) is 0 Å². The van der Waals surface area contributed by atoms with Crippen molar-refractivity contribution in [3.63, 3.8) is 0 Å². The summed E-state index contributed by atoms with van der Waals surface area (Å²) in [6.45, 7) is 0. The van der Waals surface area contributed by atoms with E-state index in [2.05, 4.69) is 0 Å². The van der Waals surface area contributed by atoms with Crippen LogP contribution in [0.5, 0.6) is 0 Å². The van der Waals surface area contributed by atoms with Crippen LogP contribution in [0.25, 0.3) is 11.6 Å². The average molecular weight is 315 g/mol. The van der Waals surface area contributed by atoms with Crippen LogP contribution < -0.4 is 0 Å². The maximum Gasteiger partial charge on any atom is 0.393 e. The fourth-order valence-electron chi connectivity index (χ4n) is 2.51. The first-order valence-electron chi connectivity index (χ1n) is 6.11. The molecule has 0 aliphatic heterocycles. The smallest absolute Gasteiger partial charge is 0.281 e. The van der Waals surface area contributed by atoms with Gasteiger partial charge in [0.2, 0.25) is 0 Å². The molecule has 10 heteroatoms. The predicted molar refractivity (Wildman–Crippen MR) is 75.1 cm³/mol. The number of Topliss-reactive ketones (excluding diaryl/α,β-unsaturated/α-hetero) is 1. The van der Waals surface area contributed by atoms with Gasteiger partial charge in [-0.25, -0.2) is 0 Å². The molecule has 10 nitrogen and oxygen atoms in total. The van der Waals surface area contributed by atoms with E-state index in [1.165, 1.54) is 24.3 Å². The van der Waals surface area contributed by atoms with E-state index >= 15 is 0 Å². The number of carbonyl (C=O) groups is 1. The highest BCUT2D eigenvalue weighted by atomic mass is 16.6. The van der Waals surface area contributed by atoms with Crippen molar-refractivity contribution in [2.75, 3.05) is 0 Å². The summed E-state index contributed by atoms with van der Waals surface area (Å²) in [5.41, 5.74) is -1.49. The summed E-state index contributed by atoms with van der Waals surface area (Å²) in [7, 11) is 0. The first-order valence-corrected chi connectivity index (χ1v) is 6.11. The van der Waals surface area contributed by atoms with Crippen molar-refractivity contribution < 1.29 is 19.6 Å². The van der Waals surface area contributed by atoms with Crippen molar-refractivity contribution in [3.05, 3.63) is 82.7 Å². The standard InChI is InChI=1S/C13H5N3O7/c17-13-10-4-6-3-7(14(18)19)1-2-8(6)9(10)5-11(15(20)21)12(13)16(22)23/h1-5H. The Morgan fingerprint density at radius 1 is 0.826 bits per heavy atom. The van der Waals surface area contributed by atoms with Crippen LogP contribution in [-0.2, 0) is 4.79 Å². The van der Waals surface area contributed by atoms with Gasteiger partial charge in [-0.05, 0) is 23.3 Å². The molecular weight excluding hydrogens is 310 g/mol. The van der Waals surface area contributed by atoms with Gasteiger partial charge in [0.05, 0.1) is 14.8 Å². The number of ketones is 1. The van der Waals surface area contributed by atoms with E-state index < -0.39 is 31.9 Å². The number of benzene rings is 1. The quantitative estimate of drug-likeness (QED) is 0.609. The Labute approximate surface area is 126 Å². The third kappa shape index (κ3) is 2.00. The first kappa shape index (κ1) is 14.3. The molecule has 0 atom stereocenters. The minimum absolute atomic E-state index is 0.0854. The number of non-ortho nitro benzene ring substituents is 1. The Hall–Kier alpha value is -3.69. The minimum atomic E-state index is -1.12. The third-order valence-electron chi connectivity index (χ3n) is 3.49. The van der Waals surface area contributed by atoms with Gasteiger partial charge in [-0.3, -0.25) is 35.1 Å². The summed E-state index contributed by atoms with van der Waals surface area (Å²) in [4.78, 5) is 42.2. The van der Waals surface area contributed by atoms with Gasteiger partial charge in [0.15, 0.2) is 0 Å². The van der Waals surface area contributed by atoms with Crippen molar-refractivity contribution in [2.45, 2.75) is 0 Å². The van der Waals surface area contributed by atoms with Crippen molar-refractivity contribution in [2.24, 2.45) is 0 Å². The monoisotopic (exact) mass is 315 g/mol. The zero-order valence-corrected chi connectivity index (χ0v) is 11.1. The van der Waals surface area contributed by atoms with E-state index in [0.29, 0.717) is 11.1 Å². The lowest BCUT2D eigenvalue weighted by atomic mass is 9.92. The minimum Gasteiger partial charge on any atom is -0.281 e. The first-order chi connectivity index (χ1) is 10.8. The number of allylic oxidation sites excluding steroid dienone is 3. The lowest BCUT2D eigenvalue weighted by Gasteiger charge is -2.09. The molecule has 0 aromatic heterocycles. The zero-order valence-electron chi connectivity index (χ0n) is 11.1. The van der Waals surface area contributed by atoms with E-state index in [1.54, 1.807) is 0 Å². The van der Waals surface area contributed by atoms with E-state index in [1.807, 2.05) is 0 Å². The van der Waals surface area contributed by atoms with Gasteiger partial charge in [0.25, 0.3) is 11.5 Å². The average Bonchev–Trinajstić information content (AvgIpc) is 2.84. The highest BCUT2D eigenvalue weighted by Gasteiger charge is 2.43. The van der Waals surface area contributed by atoms with Crippen LogP contribution in [0.1, 0.15) is 11.1 Å². The topological polar surface area (TPSA) is 146 Å². The largest absolute Gasteiger partial charge is 0.393 e. The molecule has 0 amide bonds. The van der Waals surface area contributed by atoms with Crippen molar-refractivity contribution in [1.82, 2.24) is 0 Å². The Kier molecular flexibility index (Phi) is 2.89. The second-order valence-corrected chi connectivity index (χ2v) is 4.72. The fourth-order valence-corrected chi connectivity index (χ4v) is 2.51. The highest BCUT2D eigenvalue weighted by Crippen LogP contribution is 2.42. The Bertz CT molecular complexity index is 923. The molecule has 114 valence electrons. The predicted octanol–water partition coefficient (Wildman–Crippen LogP) is 1.72. The number of carbonyl (C=O) groups excluding carboxylic acids is 1. The highest BCUT2D eigenvalue weighted by molar-refractivity contribution is 6.25. The second-order valence-electron chi connectivity index (χ2n) is 4.72. The Morgan fingerprint density at radius 2 is 1.52 bits per heavy atom. The lowest BCUT2D eigenvalue weighted by Crippen LogP contribution is -2.22. The van der Waals surface area contributed by atoms with Crippen LogP contribution >= 0.6 is 0 Å². The Morgan fingerprint density at radius 3 is 2.09 bits per heavy atom. The van der Waals surface area contributed by atoms with Gasteiger partial charge in [-0.2, -0.15) is 0 Å². The molecule has 1 aromatic carbocycles. The second kappa shape index (κ2) is 4.66. The van der Waals surface area contributed by atoms with Crippen LogP contribution in [0.2, 0.25) is 0 Å². The lowest BCUT2D eigenvalue weighted by molar-refractivity contribution is -0.463. The van der Waals surface area contributed by atoms with Crippen molar-refractivity contribution >= 4 is 23.1 Å². The van der Waals surface area contributed by atoms with Crippen LogP contribution in [0.15, 0.2) is 41.2 Å². The van der Waals surface area contributed by atoms with E-state index in [-0.39, 0.29) is 16.8 Å². The molecule has 0 N–H and O–H groups in total. The van der Waals surface area contributed by atoms with Gasteiger partial charge in [-0.15, -0.1) is 0 Å². The molecule has 0 heterocycles. The molecule has 0 saturated carbocycles. The molecule has 3 rings (SSSR count). The molecule has 2 aliphatic rings. The zero-order chi connectivity index (χ0) is 16.9. The molecule has 0 radical (unpaired) electrons. The third-order valence-corrected chi connectivity index (χ3v) is 3.49. The maximum absolute atomic E-state index is 12.2. The number of nitro benzene ring substituents is 1. The van der Waals surface area contributed by atoms with Crippen LogP contribution in [-0.4, -0.2) is 20.6 Å². The van der Waals surface area contributed by atoms with Crippen LogP contribution in [0.4, 0.5) is 5.69 Å².